The number of halogens is 1. The Morgan fingerprint density at radius 1 is 1.29 bits per heavy atom. The first-order chi connectivity index (χ1) is 6.81. The van der Waals surface area contributed by atoms with Gasteiger partial charge in [-0.1, -0.05) is 0 Å². The summed E-state index contributed by atoms with van der Waals surface area (Å²) >= 11 is 4.64. The van der Waals surface area contributed by atoms with E-state index in [1.54, 1.807) is 7.11 Å². The van der Waals surface area contributed by atoms with Crippen molar-refractivity contribution in [1.29, 1.82) is 0 Å². The van der Waals surface area contributed by atoms with E-state index in [1.165, 1.54) is 22.8 Å². The predicted octanol–water partition coefficient (Wildman–Crippen LogP) is 3.34. The van der Waals surface area contributed by atoms with Crippen molar-refractivity contribution in [2.75, 3.05) is 13.5 Å². The van der Waals surface area contributed by atoms with E-state index in [0.717, 1.165) is 5.75 Å². The number of H-pyrrole nitrogens is 1. The van der Waals surface area contributed by atoms with E-state index in [9.17, 15) is 0 Å². The standard InChI is InChI=1S/C10H11NO.CH3Cl/c1-7-5-9(12-2)6-8-3-4-11-10(7)8;1-2/h3-6,11H,1-2H3;1H3. The lowest BCUT2D eigenvalue weighted by atomic mass is 10.1. The topological polar surface area (TPSA) is 25.0 Å². The smallest absolute Gasteiger partial charge is 0.119 e. The second kappa shape index (κ2) is 4.91. The van der Waals surface area contributed by atoms with E-state index in [1.807, 2.05) is 24.4 Å². The Bertz CT molecular complexity index is 409. The van der Waals surface area contributed by atoms with Gasteiger partial charge in [0.25, 0.3) is 0 Å². The van der Waals surface area contributed by atoms with Gasteiger partial charge in [-0.15, -0.1) is 11.6 Å². The van der Waals surface area contributed by atoms with E-state index in [0.29, 0.717) is 0 Å². The molecule has 1 N–H and O–H groups in total. The van der Waals surface area contributed by atoms with Crippen LogP contribution in [0.1, 0.15) is 5.56 Å². The van der Waals surface area contributed by atoms with E-state index < -0.39 is 0 Å². The second-order valence-electron chi connectivity index (χ2n) is 2.89. The van der Waals surface area contributed by atoms with Gasteiger partial charge in [0.05, 0.1) is 7.11 Å². The van der Waals surface area contributed by atoms with Gasteiger partial charge in [0.1, 0.15) is 5.75 Å². The highest BCUT2D eigenvalue weighted by Crippen LogP contribution is 2.23. The maximum Gasteiger partial charge on any atom is 0.119 e. The van der Waals surface area contributed by atoms with Crippen molar-refractivity contribution < 1.29 is 4.74 Å². The number of fused-ring (bicyclic) bond motifs is 1. The van der Waals surface area contributed by atoms with Gasteiger partial charge in [-0.25, -0.2) is 0 Å². The summed E-state index contributed by atoms with van der Waals surface area (Å²) in [6, 6.07) is 6.10. The van der Waals surface area contributed by atoms with Crippen LogP contribution in [0.5, 0.6) is 5.75 Å². The highest BCUT2D eigenvalue weighted by molar-refractivity contribution is 6.15. The number of methoxy groups -OCH3 is 1. The largest absolute Gasteiger partial charge is 0.497 e. The zero-order chi connectivity index (χ0) is 10.6. The molecule has 0 amide bonds. The Morgan fingerprint density at radius 2 is 2.00 bits per heavy atom. The lowest BCUT2D eigenvalue weighted by Crippen LogP contribution is -1.84. The van der Waals surface area contributed by atoms with Gasteiger partial charge in [0, 0.05) is 23.5 Å². The molecule has 0 bridgehead atoms. The Balaban J connectivity index is 0.000000461. The number of hydrogen-bond donors (Lipinski definition) is 1. The van der Waals surface area contributed by atoms with Gasteiger partial charge in [-0.3, -0.25) is 0 Å². The van der Waals surface area contributed by atoms with E-state index in [2.05, 4.69) is 23.5 Å². The molecule has 0 saturated carbocycles. The minimum Gasteiger partial charge on any atom is -0.497 e. The fourth-order valence-corrected chi connectivity index (χ4v) is 1.44. The van der Waals surface area contributed by atoms with Crippen molar-refractivity contribution in [3.63, 3.8) is 0 Å². The fraction of sp³-hybridized carbons (Fsp3) is 0.273. The molecule has 1 heterocycles. The number of nitrogens with one attached hydrogen (secondary N) is 1. The van der Waals surface area contributed by atoms with Crippen molar-refractivity contribution >= 4 is 22.5 Å². The van der Waals surface area contributed by atoms with E-state index in [-0.39, 0.29) is 0 Å². The number of rotatable bonds is 1. The molecular weight excluding hydrogens is 198 g/mol. The van der Waals surface area contributed by atoms with E-state index >= 15 is 0 Å². The fourth-order valence-electron chi connectivity index (χ4n) is 1.44. The van der Waals surface area contributed by atoms with Crippen LogP contribution in [0.2, 0.25) is 0 Å². The monoisotopic (exact) mass is 211 g/mol. The molecule has 0 radical (unpaired) electrons. The van der Waals surface area contributed by atoms with Crippen LogP contribution in [0, 0.1) is 6.92 Å². The molecule has 0 aliphatic heterocycles. The van der Waals surface area contributed by atoms with Crippen molar-refractivity contribution in [2.45, 2.75) is 6.92 Å². The zero-order valence-electron chi connectivity index (χ0n) is 8.60. The summed E-state index contributed by atoms with van der Waals surface area (Å²) in [4.78, 5) is 3.18. The molecule has 1 aromatic heterocycles. The number of ether oxygens (including phenoxy) is 1. The lowest BCUT2D eigenvalue weighted by Gasteiger charge is -2.01. The van der Waals surface area contributed by atoms with Gasteiger partial charge in [-0.2, -0.15) is 0 Å². The minimum atomic E-state index is 0.916. The molecule has 0 saturated heterocycles. The maximum atomic E-state index is 5.16. The molecule has 0 fully saturated rings. The molecule has 76 valence electrons. The van der Waals surface area contributed by atoms with Gasteiger partial charge < -0.3 is 9.72 Å². The summed E-state index contributed by atoms with van der Waals surface area (Å²) in [5, 5.41) is 1.20. The van der Waals surface area contributed by atoms with Gasteiger partial charge in [-0.05, 0) is 30.7 Å². The third-order valence-corrected chi connectivity index (χ3v) is 2.07. The van der Waals surface area contributed by atoms with Crippen LogP contribution in [-0.4, -0.2) is 18.5 Å². The van der Waals surface area contributed by atoms with E-state index in [4.69, 9.17) is 4.74 Å². The number of hydrogen-bond acceptors (Lipinski definition) is 1. The van der Waals surface area contributed by atoms with Crippen molar-refractivity contribution in [2.24, 2.45) is 0 Å². The number of alkyl halides is 1. The van der Waals surface area contributed by atoms with Crippen molar-refractivity contribution in [3.05, 3.63) is 30.0 Å². The molecule has 2 nitrogen and oxygen atoms in total. The van der Waals surface area contributed by atoms with Crippen LogP contribution in [0.3, 0.4) is 0 Å². The molecule has 2 aromatic rings. The molecule has 2 rings (SSSR count). The number of aryl methyl sites for hydroxylation is 1. The highest BCUT2D eigenvalue weighted by Gasteiger charge is 2.00. The van der Waals surface area contributed by atoms with Crippen LogP contribution in [-0.2, 0) is 0 Å². The third-order valence-electron chi connectivity index (χ3n) is 2.07. The average molecular weight is 212 g/mol. The lowest BCUT2D eigenvalue weighted by molar-refractivity contribution is 0.415. The summed E-state index contributed by atoms with van der Waals surface area (Å²) in [5.41, 5.74) is 2.41. The SMILES string of the molecule is CCl.COc1cc(C)c2[nH]ccc2c1. The average Bonchev–Trinajstić information content (AvgIpc) is 2.69. The Morgan fingerprint density at radius 3 is 2.64 bits per heavy atom. The Labute approximate surface area is 88.8 Å². The van der Waals surface area contributed by atoms with Gasteiger partial charge >= 0.3 is 0 Å². The number of aromatic nitrogens is 1. The predicted molar refractivity (Wildman–Crippen MR) is 61.4 cm³/mol. The Hall–Kier alpha value is -1.15. The maximum absolute atomic E-state index is 5.16. The molecule has 0 aliphatic carbocycles. The molecule has 0 unspecified atom stereocenters. The second-order valence-corrected chi connectivity index (χ2v) is 2.89. The normalized spacial score (nSPS) is 9.43. The zero-order valence-corrected chi connectivity index (χ0v) is 9.35. The third kappa shape index (κ3) is 2.02. The van der Waals surface area contributed by atoms with Crippen LogP contribution in [0.4, 0.5) is 0 Å². The first-order valence-electron chi connectivity index (χ1n) is 4.31. The quantitative estimate of drug-likeness (QED) is 0.720. The molecule has 14 heavy (non-hydrogen) atoms. The van der Waals surface area contributed by atoms with Crippen molar-refractivity contribution in [1.82, 2.24) is 4.98 Å². The summed E-state index contributed by atoms with van der Waals surface area (Å²) in [5.74, 6) is 0.916. The molecule has 0 spiro atoms. The van der Waals surface area contributed by atoms with Gasteiger partial charge in [0.2, 0.25) is 0 Å². The summed E-state index contributed by atoms with van der Waals surface area (Å²) in [6.07, 6.45) is 3.41. The Kier molecular flexibility index (Phi) is 3.84. The van der Waals surface area contributed by atoms with Crippen LogP contribution < -0.4 is 4.74 Å². The summed E-state index contributed by atoms with van der Waals surface area (Å²) in [6.45, 7) is 2.07. The first-order valence-corrected chi connectivity index (χ1v) is 5.06. The van der Waals surface area contributed by atoms with Gasteiger partial charge in [0.15, 0.2) is 0 Å². The highest BCUT2D eigenvalue weighted by atomic mass is 35.5. The molecule has 0 atom stereocenters. The first kappa shape index (κ1) is 10.9. The molecule has 0 aliphatic rings. The molecular formula is C11H14ClNO. The van der Waals surface area contributed by atoms with Crippen LogP contribution >= 0.6 is 11.6 Å². The van der Waals surface area contributed by atoms with Crippen molar-refractivity contribution in [3.8, 4) is 5.75 Å². The number of aromatic amines is 1. The minimum absolute atomic E-state index is 0.916. The number of benzene rings is 1. The summed E-state index contributed by atoms with van der Waals surface area (Å²) in [7, 11) is 1.69. The van der Waals surface area contributed by atoms with Crippen LogP contribution in [0.25, 0.3) is 10.9 Å². The summed E-state index contributed by atoms with van der Waals surface area (Å²) < 4.78 is 5.16. The van der Waals surface area contributed by atoms with Crippen LogP contribution in [0.15, 0.2) is 24.4 Å². The molecule has 3 heteroatoms. The molecule has 1 aromatic carbocycles.